The van der Waals surface area contributed by atoms with E-state index in [2.05, 4.69) is 9.97 Å². The van der Waals surface area contributed by atoms with E-state index in [0.717, 1.165) is 0 Å². The lowest BCUT2D eigenvalue weighted by molar-refractivity contribution is -0.384. The minimum absolute atomic E-state index is 0.00831. The van der Waals surface area contributed by atoms with Gasteiger partial charge in [-0.1, -0.05) is 0 Å². The minimum Gasteiger partial charge on any atom is -0.368 e. The fourth-order valence-corrected chi connectivity index (χ4v) is 1.57. The fraction of sp³-hybridized carbons (Fsp3) is 0.200. The smallest absolute Gasteiger partial charge is 0.270 e. The van der Waals surface area contributed by atoms with Crippen LogP contribution in [0.5, 0.6) is 0 Å². The van der Waals surface area contributed by atoms with Gasteiger partial charge in [-0.05, 0) is 6.07 Å². The molecule has 0 aliphatic heterocycles. The molecule has 0 saturated heterocycles. The molecule has 0 bridgehead atoms. The predicted molar refractivity (Wildman–Crippen MR) is 64.9 cm³/mol. The fourth-order valence-electron chi connectivity index (χ4n) is 1.57. The van der Waals surface area contributed by atoms with Crippen molar-refractivity contribution in [1.29, 1.82) is 0 Å². The Morgan fingerprint density at radius 3 is 2.65 bits per heavy atom. The number of aromatic nitrogens is 2. The van der Waals surface area contributed by atoms with Crippen LogP contribution in [0.4, 0.5) is 17.5 Å². The second-order valence-corrected chi connectivity index (χ2v) is 3.76. The summed E-state index contributed by atoms with van der Waals surface area (Å²) in [6.07, 6.45) is 0. The van der Waals surface area contributed by atoms with E-state index in [1.165, 1.54) is 12.1 Å². The van der Waals surface area contributed by atoms with Crippen molar-refractivity contribution < 1.29 is 4.92 Å². The van der Waals surface area contributed by atoms with Gasteiger partial charge in [-0.2, -0.15) is 4.98 Å². The van der Waals surface area contributed by atoms with E-state index in [1.54, 1.807) is 25.1 Å². The van der Waals surface area contributed by atoms with E-state index >= 15 is 0 Å². The van der Waals surface area contributed by atoms with Gasteiger partial charge in [-0.3, -0.25) is 10.1 Å². The molecule has 2 aromatic rings. The van der Waals surface area contributed by atoms with Crippen LogP contribution >= 0.6 is 0 Å². The maximum atomic E-state index is 10.7. The number of hydrogen-bond acceptors (Lipinski definition) is 6. The van der Waals surface area contributed by atoms with Gasteiger partial charge in [0.25, 0.3) is 5.69 Å². The highest BCUT2D eigenvalue weighted by atomic mass is 16.6. The SMILES string of the molecule is CN(C)c1nc(N)nc2ccc([N+](=O)[O-])cc12. The molecule has 0 amide bonds. The zero-order chi connectivity index (χ0) is 12.6. The topological polar surface area (TPSA) is 98.2 Å². The summed E-state index contributed by atoms with van der Waals surface area (Å²) in [5.74, 6) is 0.714. The molecule has 0 atom stereocenters. The van der Waals surface area contributed by atoms with Crippen molar-refractivity contribution in [3.63, 3.8) is 0 Å². The Balaban J connectivity index is 2.78. The number of hydrogen-bond donors (Lipinski definition) is 1. The highest BCUT2D eigenvalue weighted by Gasteiger charge is 2.12. The highest BCUT2D eigenvalue weighted by Crippen LogP contribution is 2.26. The number of nitro benzene ring substituents is 1. The summed E-state index contributed by atoms with van der Waals surface area (Å²) in [4.78, 5) is 20.1. The predicted octanol–water partition coefficient (Wildman–Crippen LogP) is 1.19. The first-order chi connectivity index (χ1) is 7.99. The normalized spacial score (nSPS) is 10.5. The molecule has 0 aliphatic carbocycles. The van der Waals surface area contributed by atoms with Crippen LogP contribution in [-0.4, -0.2) is 29.0 Å². The number of non-ortho nitro benzene ring substituents is 1. The van der Waals surface area contributed by atoms with Crippen LogP contribution in [0.2, 0.25) is 0 Å². The molecule has 7 heteroatoms. The Hall–Kier alpha value is -2.44. The molecule has 88 valence electrons. The molecule has 0 spiro atoms. The molecular weight excluding hydrogens is 222 g/mol. The highest BCUT2D eigenvalue weighted by molar-refractivity contribution is 5.91. The average molecular weight is 233 g/mol. The van der Waals surface area contributed by atoms with E-state index in [0.29, 0.717) is 16.7 Å². The lowest BCUT2D eigenvalue weighted by Gasteiger charge is -2.13. The van der Waals surface area contributed by atoms with Crippen LogP contribution in [0, 0.1) is 10.1 Å². The molecule has 1 heterocycles. The largest absolute Gasteiger partial charge is 0.368 e. The molecule has 1 aromatic heterocycles. The summed E-state index contributed by atoms with van der Waals surface area (Å²) in [6, 6.07) is 4.41. The Labute approximate surface area is 97.0 Å². The summed E-state index contributed by atoms with van der Waals surface area (Å²) >= 11 is 0. The number of benzene rings is 1. The summed E-state index contributed by atoms with van der Waals surface area (Å²) < 4.78 is 0. The van der Waals surface area contributed by atoms with Crippen molar-refractivity contribution in [3.05, 3.63) is 28.3 Å². The molecule has 0 fully saturated rings. The van der Waals surface area contributed by atoms with Crippen molar-refractivity contribution in [3.8, 4) is 0 Å². The van der Waals surface area contributed by atoms with Crippen LogP contribution in [0.15, 0.2) is 18.2 Å². The molecule has 1 aromatic carbocycles. The molecule has 2 rings (SSSR count). The van der Waals surface area contributed by atoms with E-state index in [1.807, 2.05) is 0 Å². The first-order valence-electron chi connectivity index (χ1n) is 4.88. The Morgan fingerprint density at radius 1 is 1.35 bits per heavy atom. The van der Waals surface area contributed by atoms with Gasteiger partial charge in [0.15, 0.2) is 0 Å². The van der Waals surface area contributed by atoms with Crippen molar-refractivity contribution >= 4 is 28.4 Å². The van der Waals surface area contributed by atoms with Gasteiger partial charge in [-0.15, -0.1) is 0 Å². The van der Waals surface area contributed by atoms with Crippen molar-refractivity contribution in [2.24, 2.45) is 0 Å². The Bertz CT molecular complexity index is 597. The van der Waals surface area contributed by atoms with Crippen molar-refractivity contribution in [2.75, 3.05) is 24.7 Å². The number of nitrogens with two attached hydrogens (primary N) is 1. The number of nitrogens with zero attached hydrogens (tertiary/aromatic N) is 4. The zero-order valence-electron chi connectivity index (χ0n) is 9.41. The number of anilines is 2. The number of nitro groups is 1. The summed E-state index contributed by atoms with van der Waals surface area (Å²) in [7, 11) is 3.58. The molecule has 17 heavy (non-hydrogen) atoms. The van der Waals surface area contributed by atoms with E-state index in [4.69, 9.17) is 5.73 Å². The molecule has 0 unspecified atom stereocenters. The van der Waals surface area contributed by atoms with E-state index in [9.17, 15) is 10.1 Å². The van der Waals surface area contributed by atoms with Crippen LogP contribution in [0.25, 0.3) is 10.9 Å². The second-order valence-electron chi connectivity index (χ2n) is 3.76. The number of nitrogen functional groups attached to an aromatic ring is 1. The van der Waals surface area contributed by atoms with Gasteiger partial charge in [0, 0.05) is 31.6 Å². The lowest BCUT2D eigenvalue weighted by atomic mass is 10.2. The van der Waals surface area contributed by atoms with E-state index < -0.39 is 4.92 Å². The summed E-state index contributed by atoms with van der Waals surface area (Å²) in [6.45, 7) is 0. The minimum atomic E-state index is -0.449. The number of fused-ring (bicyclic) bond motifs is 1. The van der Waals surface area contributed by atoms with Gasteiger partial charge < -0.3 is 10.6 Å². The molecular formula is C10H11N5O2. The third-order valence-electron chi connectivity index (χ3n) is 2.31. The van der Waals surface area contributed by atoms with Gasteiger partial charge in [0.05, 0.1) is 10.4 Å². The van der Waals surface area contributed by atoms with Gasteiger partial charge in [0.1, 0.15) is 5.82 Å². The van der Waals surface area contributed by atoms with Crippen LogP contribution in [0.1, 0.15) is 0 Å². The van der Waals surface area contributed by atoms with Crippen LogP contribution < -0.4 is 10.6 Å². The maximum absolute atomic E-state index is 10.7. The van der Waals surface area contributed by atoms with Crippen LogP contribution in [-0.2, 0) is 0 Å². The lowest BCUT2D eigenvalue weighted by Crippen LogP contribution is -2.13. The molecule has 2 N–H and O–H groups in total. The van der Waals surface area contributed by atoms with E-state index in [-0.39, 0.29) is 11.6 Å². The van der Waals surface area contributed by atoms with Crippen molar-refractivity contribution in [2.45, 2.75) is 0 Å². The van der Waals surface area contributed by atoms with Crippen molar-refractivity contribution in [1.82, 2.24) is 9.97 Å². The average Bonchev–Trinajstić information content (AvgIpc) is 2.26. The summed E-state index contributed by atoms with van der Waals surface area (Å²) in [5.41, 5.74) is 6.18. The molecule has 0 saturated carbocycles. The first-order valence-corrected chi connectivity index (χ1v) is 4.88. The molecule has 7 nitrogen and oxygen atoms in total. The quantitative estimate of drug-likeness (QED) is 0.617. The third kappa shape index (κ3) is 1.94. The maximum Gasteiger partial charge on any atom is 0.270 e. The zero-order valence-corrected chi connectivity index (χ0v) is 9.41. The first kappa shape index (κ1) is 11.1. The molecule has 0 aliphatic rings. The Kier molecular flexibility index (Phi) is 2.51. The third-order valence-corrected chi connectivity index (χ3v) is 2.31. The monoisotopic (exact) mass is 233 g/mol. The van der Waals surface area contributed by atoms with Gasteiger partial charge in [0.2, 0.25) is 5.95 Å². The Morgan fingerprint density at radius 2 is 2.06 bits per heavy atom. The standard InChI is InChI=1S/C10H11N5O2/c1-14(2)9-7-5-6(15(16)17)3-4-8(7)12-10(11)13-9/h3-5H,1-2H3,(H2,11,12,13). The second kappa shape index (κ2) is 3.85. The van der Waals surface area contributed by atoms with Crippen LogP contribution in [0.3, 0.4) is 0 Å². The molecule has 0 radical (unpaired) electrons. The number of rotatable bonds is 2. The van der Waals surface area contributed by atoms with Gasteiger partial charge >= 0.3 is 0 Å². The van der Waals surface area contributed by atoms with Gasteiger partial charge in [-0.25, -0.2) is 4.98 Å². The summed E-state index contributed by atoms with van der Waals surface area (Å²) in [5, 5.41) is 11.3.